The minimum absolute atomic E-state index is 0.500. The summed E-state index contributed by atoms with van der Waals surface area (Å²) in [6.45, 7) is -5.12. The molecule has 0 saturated carbocycles. The minimum atomic E-state index is -1.75. The molecule has 0 aliphatic heterocycles. The molecule has 3 nitrogen and oxygen atoms in total. The summed E-state index contributed by atoms with van der Waals surface area (Å²) in [4.78, 5) is 4.75. The van der Waals surface area contributed by atoms with Gasteiger partial charge in [0.25, 0.3) is 0 Å². The summed E-state index contributed by atoms with van der Waals surface area (Å²) in [6.07, 6.45) is 0. The molecule has 0 radical (unpaired) electrons. The molecule has 0 aliphatic carbocycles. The monoisotopic (exact) mass is 286 g/mol. The summed E-state index contributed by atoms with van der Waals surface area (Å²) < 4.78 is 83.1. The van der Waals surface area contributed by atoms with E-state index in [1.54, 1.807) is 0 Å². The van der Waals surface area contributed by atoms with Crippen LogP contribution in [0.5, 0.6) is 0 Å². The number of hydrogen-bond donors (Lipinski definition) is 0. The van der Waals surface area contributed by atoms with E-state index in [1.165, 1.54) is 7.11 Å². The molecule has 0 spiro atoms. The maximum absolute atomic E-state index is 10.5. The van der Waals surface area contributed by atoms with Gasteiger partial charge in [-0.05, 0) is 9.05 Å². The Morgan fingerprint density at radius 3 is 0.824 bits per heavy atom. The van der Waals surface area contributed by atoms with E-state index in [1.807, 2.05) is 0 Å². The molecule has 0 atom stereocenters. The van der Waals surface area contributed by atoms with Crippen molar-refractivity contribution in [2.45, 2.75) is 0 Å². The Morgan fingerprint density at radius 1 is 0.706 bits per heavy atom. The van der Waals surface area contributed by atoms with Crippen molar-refractivity contribution >= 4 is 0 Å². The number of alkyl halides is 6. The van der Waals surface area contributed by atoms with E-state index in [-0.39, 0.29) is 0 Å². The largest absolute Gasteiger partial charge is 0.354 e. The lowest BCUT2D eigenvalue weighted by Crippen LogP contribution is -1.70. The normalized spacial score (nSPS) is 6.71. The maximum atomic E-state index is 10.5. The predicted octanol–water partition coefficient (Wildman–Crippen LogP) is 3.66. The second-order valence-electron chi connectivity index (χ2n) is 0.935. The van der Waals surface area contributed by atoms with Crippen molar-refractivity contribution in [1.29, 1.82) is 0 Å². The summed E-state index contributed by atoms with van der Waals surface area (Å²) >= 11 is 0. The molecule has 17 heavy (non-hydrogen) atoms. The maximum Gasteiger partial charge on any atom is 0.229 e. The molecule has 0 N–H and O–H groups in total. The van der Waals surface area contributed by atoms with Crippen LogP contribution in [0.3, 0.4) is 0 Å². The Bertz CT molecular complexity index is 49.0. The van der Waals surface area contributed by atoms with E-state index >= 15 is 0 Å². The molecule has 0 aromatic rings. The van der Waals surface area contributed by atoms with Crippen LogP contribution in [0.15, 0.2) is 0 Å². The van der Waals surface area contributed by atoms with Crippen LogP contribution in [-0.4, -0.2) is 41.8 Å². The quantitative estimate of drug-likeness (QED) is 0.741. The molecule has 0 saturated heterocycles. The number of ether oxygens (including phenoxy) is 1. The van der Waals surface area contributed by atoms with E-state index < -0.39 is 27.5 Å². The van der Waals surface area contributed by atoms with Gasteiger partial charge >= 0.3 is 0 Å². The fourth-order valence-corrected chi connectivity index (χ4v) is 0. The highest BCUT2D eigenvalue weighted by atomic mass is 19.3. The van der Waals surface area contributed by atoms with Crippen molar-refractivity contribution in [3.63, 3.8) is 0 Å². The highest BCUT2D eigenvalue weighted by Gasteiger charge is 1.62. The van der Waals surface area contributed by atoms with Gasteiger partial charge in [0.05, 0.1) is 7.18 Å². The summed E-state index contributed by atoms with van der Waals surface area (Å²) in [5.74, 6) is 0. The van der Waals surface area contributed by atoms with Crippen molar-refractivity contribution in [1.82, 2.24) is 0 Å². The van der Waals surface area contributed by atoms with Crippen LogP contribution in [0.1, 0.15) is 0 Å². The Balaban J connectivity index is -0.0000000361. The third-order valence-electron chi connectivity index (χ3n) is 0.192. The van der Waals surface area contributed by atoms with E-state index in [4.69, 9.17) is 0 Å². The molecular formula is C6H14F8O3. The first-order valence-electron chi connectivity index (χ1n) is 3.30. The van der Waals surface area contributed by atoms with Gasteiger partial charge in [-0.3, -0.25) is 4.39 Å². The molecule has 0 fully saturated rings. The number of methoxy groups -OCH3 is 1. The topological polar surface area (TPSA) is 27.7 Å². The number of halogens is 8. The molecule has 0 rings (SSSR count). The highest BCUT2D eigenvalue weighted by Crippen LogP contribution is 1.67. The zero-order chi connectivity index (χ0) is 14.9. The third-order valence-corrected chi connectivity index (χ3v) is 0.192. The summed E-state index contributed by atoms with van der Waals surface area (Å²) in [7, 11) is 1.81. The first-order valence-corrected chi connectivity index (χ1v) is 3.30. The highest BCUT2D eigenvalue weighted by molar-refractivity contribution is 3.74. The lowest BCUT2D eigenvalue weighted by Gasteiger charge is -1.72. The Hall–Kier alpha value is -0.680. The van der Waals surface area contributed by atoms with Gasteiger partial charge in [0.15, 0.2) is 6.86 Å². The lowest BCUT2D eigenvalue weighted by atomic mass is 11.5. The van der Waals surface area contributed by atoms with Crippen LogP contribution in [0.4, 0.5) is 35.4 Å². The Labute approximate surface area is 93.1 Å². The summed E-state index contributed by atoms with van der Waals surface area (Å²) in [6, 6.07) is 0. The van der Waals surface area contributed by atoms with Gasteiger partial charge in [0.1, 0.15) is 0 Å². The van der Waals surface area contributed by atoms with Crippen molar-refractivity contribution in [2.24, 2.45) is 0 Å². The van der Waals surface area contributed by atoms with E-state index in [0.29, 0.717) is 7.18 Å². The minimum Gasteiger partial charge on any atom is -0.354 e. The van der Waals surface area contributed by atoms with Gasteiger partial charge in [-0.15, -0.1) is 0 Å². The lowest BCUT2D eigenvalue weighted by molar-refractivity contribution is -0.167. The van der Waals surface area contributed by atoms with Gasteiger partial charge in [-0.1, -0.05) is 0 Å². The molecule has 0 bridgehead atoms. The first-order chi connectivity index (χ1) is 8.16. The molecule has 0 aromatic heterocycles. The number of rotatable bonds is 3. The molecule has 0 aromatic carbocycles. The average Bonchev–Trinajstić information content (AvgIpc) is 2.42. The predicted molar refractivity (Wildman–Crippen MR) is 43.4 cm³/mol. The van der Waals surface area contributed by atoms with Gasteiger partial charge < -0.3 is 4.74 Å². The third kappa shape index (κ3) is 505. The van der Waals surface area contributed by atoms with Crippen molar-refractivity contribution in [3.8, 4) is 0 Å². The van der Waals surface area contributed by atoms with Crippen LogP contribution in [-0.2, 0) is 14.6 Å². The zero-order valence-electron chi connectivity index (χ0n) is 9.08. The second kappa shape index (κ2) is 78.7. The van der Waals surface area contributed by atoms with E-state index in [0.717, 1.165) is 0 Å². The van der Waals surface area contributed by atoms with Gasteiger partial charge in [-0.2, -0.15) is 9.88 Å². The molecule has 112 valence electrons. The molecular weight excluding hydrogens is 272 g/mol. The zero-order valence-corrected chi connectivity index (χ0v) is 9.08. The molecule has 0 heterocycles. The molecule has 0 unspecified atom stereocenters. The number of hydrogen-bond acceptors (Lipinski definition) is 3. The van der Waals surface area contributed by atoms with Gasteiger partial charge in [0.2, 0.25) is 20.6 Å². The van der Waals surface area contributed by atoms with Crippen molar-refractivity contribution in [3.05, 3.63) is 0 Å². The fraction of sp³-hybridized carbons (Fsp3) is 1.00. The van der Waals surface area contributed by atoms with Crippen LogP contribution in [0.25, 0.3) is 0 Å². The molecule has 0 amide bonds. The summed E-state index contributed by atoms with van der Waals surface area (Å²) in [5, 5.41) is 0. The first kappa shape index (κ1) is 29.9. The van der Waals surface area contributed by atoms with Gasteiger partial charge in [-0.25, -0.2) is 22.0 Å². The summed E-state index contributed by atoms with van der Waals surface area (Å²) in [5.41, 5.74) is 0. The van der Waals surface area contributed by atoms with Crippen LogP contribution < -0.4 is 0 Å². The Kier molecular flexibility index (Phi) is 138. The van der Waals surface area contributed by atoms with Crippen LogP contribution in [0, 0.1) is 0 Å². The van der Waals surface area contributed by atoms with Gasteiger partial charge in [0, 0.05) is 7.11 Å². The average molecular weight is 286 g/mol. The standard InChI is InChI=1S/C2H5FO.2CH2F2O.CH2F2.CH3F/c1-4-2-3;2*2-1-4-3;2-1-3;1-2/h2H2,1H3;2*1H2;1H2;1H3. The Morgan fingerprint density at radius 2 is 0.824 bits per heavy atom. The SMILES string of the molecule is CF.COCF.FCF.FCOF.FCOF. The fourth-order valence-electron chi connectivity index (χ4n) is 0. The molecule has 0 aliphatic rings. The van der Waals surface area contributed by atoms with Crippen LogP contribution >= 0.6 is 0 Å². The molecule has 11 heteroatoms. The van der Waals surface area contributed by atoms with E-state index in [9.17, 15) is 35.4 Å². The van der Waals surface area contributed by atoms with Crippen molar-refractivity contribution < 1.29 is 50.0 Å². The smallest absolute Gasteiger partial charge is 0.229 e. The van der Waals surface area contributed by atoms with Crippen molar-refractivity contribution in [2.75, 3.05) is 41.8 Å². The van der Waals surface area contributed by atoms with E-state index in [2.05, 4.69) is 14.6 Å². The van der Waals surface area contributed by atoms with Crippen LogP contribution in [0.2, 0.25) is 0 Å². The second-order valence-corrected chi connectivity index (χ2v) is 0.935.